The van der Waals surface area contributed by atoms with Crippen molar-refractivity contribution in [3.8, 4) is 0 Å². The third kappa shape index (κ3) is 2.31. The van der Waals surface area contributed by atoms with E-state index in [4.69, 9.17) is 16.3 Å². The predicted molar refractivity (Wildman–Crippen MR) is 63.8 cm³/mol. The summed E-state index contributed by atoms with van der Waals surface area (Å²) < 4.78 is 5.27. The molecule has 2 rings (SSSR count). The lowest BCUT2D eigenvalue weighted by Gasteiger charge is -2.25. The first-order valence-electron chi connectivity index (χ1n) is 4.91. The van der Waals surface area contributed by atoms with E-state index >= 15 is 0 Å². The van der Waals surface area contributed by atoms with Crippen LogP contribution in [-0.4, -0.2) is 12.2 Å². The van der Waals surface area contributed by atoms with E-state index < -0.39 is 5.06 Å². The summed E-state index contributed by atoms with van der Waals surface area (Å²) in [6.45, 7) is 0. The highest BCUT2D eigenvalue weighted by Crippen LogP contribution is 2.34. The summed E-state index contributed by atoms with van der Waals surface area (Å²) in [5.74, 6) is 0. The molecule has 15 heavy (non-hydrogen) atoms. The average Bonchev–Trinajstić information content (AvgIpc) is 2.30. The van der Waals surface area contributed by atoms with Crippen molar-refractivity contribution in [3.05, 3.63) is 54.1 Å². The number of ether oxygens (including phenoxy) is 1. The van der Waals surface area contributed by atoms with Crippen LogP contribution in [0.15, 0.2) is 48.6 Å². The van der Waals surface area contributed by atoms with Crippen molar-refractivity contribution in [2.45, 2.75) is 11.5 Å². The minimum Gasteiger partial charge on any atom is -0.359 e. The van der Waals surface area contributed by atoms with Crippen LogP contribution in [0.25, 0.3) is 5.57 Å². The highest BCUT2D eigenvalue weighted by atomic mass is 35.5. The third-order valence-corrected chi connectivity index (χ3v) is 2.97. The zero-order valence-electron chi connectivity index (χ0n) is 8.61. The summed E-state index contributed by atoms with van der Waals surface area (Å²) in [6, 6.07) is 10.2. The van der Waals surface area contributed by atoms with Crippen LogP contribution >= 0.6 is 11.6 Å². The van der Waals surface area contributed by atoms with E-state index in [1.54, 1.807) is 7.11 Å². The number of hydrogen-bond acceptors (Lipinski definition) is 1. The van der Waals surface area contributed by atoms with E-state index in [1.165, 1.54) is 11.1 Å². The van der Waals surface area contributed by atoms with Gasteiger partial charge in [-0.2, -0.15) is 0 Å². The molecule has 0 spiro atoms. The summed E-state index contributed by atoms with van der Waals surface area (Å²) in [6.07, 6.45) is 6.60. The van der Waals surface area contributed by atoms with Crippen LogP contribution in [0, 0.1) is 0 Å². The maximum Gasteiger partial charge on any atom is 0.164 e. The Labute approximate surface area is 95.0 Å². The predicted octanol–water partition coefficient (Wildman–Crippen LogP) is 3.61. The van der Waals surface area contributed by atoms with Crippen molar-refractivity contribution in [1.82, 2.24) is 0 Å². The number of alkyl halides is 1. The molecule has 0 aliphatic heterocycles. The fourth-order valence-electron chi connectivity index (χ4n) is 1.68. The fourth-order valence-corrected chi connectivity index (χ4v) is 1.89. The van der Waals surface area contributed by atoms with Crippen molar-refractivity contribution < 1.29 is 4.74 Å². The van der Waals surface area contributed by atoms with Gasteiger partial charge in [-0.25, -0.2) is 0 Å². The second-order valence-corrected chi connectivity index (χ2v) is 4.22. The standard InChI is InChI=1S/C13H13ClO/c1-15-13(14)9-5-8-12(10-13)11-6-3-2-4-7-11/h2-9H,10H2,1H3. The zero-order valence-corrected chi connectivity index (χ0v) is 9.37. The van der Waals surface area contributed by atoms with Gasteiger partial charge in [-0.15, -0.1) is 0 Å². The Morgan fingerprint density at radius 3 is 2.67 bits per heavy atom. The molecule has 78 valence electrons. The second kappa shape index (κ2) is 4.21. The van der Waals surface area contributed by atoms with Crippen molar-refractivity contribution >= 4 is 17.2 Å². The van der Waals surface area contributed by atoms with Gasteiger partial charge in [-0.1, -0.05) is 54.1 Å². The molecule has 1 aliphatic rings. The summed E-state index contributed by atoms with van der Waals surface area (Å²) in [5, 5.41) is -0.681. The van der Waals surface area contributed by atoms with Gasteiger partial charge in [-0.3, -0.25) is 0 Å². The minimum atomic E-state index is -0.681. The van der Waals surface area contributed by atoms with E-state index in [9.17, 15) is 0 Å². The Kier molecular flexibility index (Phi) is 2.94. The highest BCUT2D eigenvalue weighted by molar-refractivity contribution is 6.25. The van der Waals surface area contributed by atoms with Gasteiger partial charge < -0.3 is 4.74 Å². The summed E-state index contributed by atoms with van der Waals surface area (Å²) in [7, 11) is 1.63. The molecule has 1 aromatic carbocycles. The normalized spacial score (nSPS) is 25.1. The molecule has 0 bridgehead atoms. The topological polar surface area (TPSA) is 9.23 Å². The molecule has 2 heteroatoms. The van der Waals surface area contributed by atoms with Gasteiger partial charge in [0, 0.05) is 13.5 Å². The number of halogens is 1. The van der Waals surface area contributed by atoms with Gasteiger partial charge in [-0.05, 0) is 17.2 Å². The molecule has 1 aliphatic carbocycles. The van der Waals surface area contributed by atoms with Gasteiger partial charge >= 0.3 is 0 Å². The molecule has 0 aromatic heterocycles. The van der Waals surface area contributed by atoms with Crippen molar-refractivity contribution in [1.29, 1.82) is 0 Å². The minimum absolute atomic E-state index is 0.681. The molecule has 0 heterocycles. The number of hydrogen-bond donors (Lipinski definition) is 0. The number of allylic oxidation sites excluding steroid dienone is 2. The first-order valence-corrected chi connectivity index (χ1v) is 5.29. The van der Waals surface area contributed by atoms with Crippen molar-refractivity contribution in [2.24, 2.45) is 0 Å². The van der Waals surface area contributed by atoms with Crippen LogP contribution in [0.2, 0.25) is 0 Å². The SMILES string of the molecule is COC1(Cl)C=CC=C(c2ccccc2)C1. The first kappa shape index (κ1) is 10.5. The highest BCUT2D eigenvalue weighted by Gasteiger charge is 2.26. The molecule has 1 unspecified atom stereocenters. The van der Waals surface area contributed by atoms with E-state index in [2.05, 4.69) is 18.2 Å². The summed E-state index contributed by atoms with van der Waals surface area (Å²) >= 11 is 6.25. The molecule has 0 saturated carbocycles. The molecule has 0 fully saturated rings. The molecule has 1 nitrogen and oxygen atoms in total. The monoisotopic (exact) mass is 220 g/mol. The Morgan fingerprint density at radius 2 is 2.00 bits per heavy atom. The molecule has 0 saturated heterocycles. The van der Waals surface area contributed by atoms with Gasteiger partial charge in [0.25, 0.3) is 0 Å². The number of rotatable bonds is 2. The van der Waals surface area contributed by atoms with Crippen LogP contribution in [0.5, 0.6) is 0 Å². The molecular formula is C13H13ClO. The van der Waals surface area contributed by atoms with Gasteiger partial charge in [0.15, 0.2) is 5.06 Å². The zero-order chi connectivity index (χ0) is 10.7. The third-order valence-electron chi connectivity index (χ3n) is 2.56. The quantitative estimate of drug-likeness (QED) is 0.692. The summed E-state index contributed by atoms with van der Waals surface area (Å²) in [4.78, 5) is 0. The average molecular weight is 221 g/mol. The molecular weight excluding hydrogens is 208 g/mol. The first-order chi connectivity index (χ1) is 7.23. The van der Waals surface area contributed by atoms with Crippen molar-refractivity contribution in [3.63, 3.8) is 0 Å². The van der Waals surface area contributed by atoms with Crippen molar-refractivity contribution in [2.75, 3.05) is 7.11 Å². The molecule has 0 N–H and O–H groups in total. The maximum absolute atomic E-state index is 6.25. The van der Waals surface area contributed by atoms with E-state index in [0.29, 0.717) is 6.42 Å². The summed E-state index contributed by atoms with van der Waals surface area (Å²) in [5.41, 5.74) is 2.40. The van der Waals surface area contributed by atoms with Crippen LogP contribution in [-0.2, 0) is 4.74 Å². The lowest BCUT2D eigenvalue weighted by molar-refractivity contribution is 0.108. The van der Waals surface area contributed by atoms with Gasteiger partial charge in [0.05, 0.1) is 0 Å². The molecule has 1 atom stereocenters. The molecule has 1 aromatic rings. The maximum atomic E-state index is 6.25. The van der Waals surface area contributed by atoms with E-state index in [0.717, 1.165) is 0 Å². The van der Waals surface area contributed by atoms with Crippen LogP contribution < -0.4 is 0 Å². The Balaban J connectivity index is 2.26. The van der Waals surface area contributed by atoms with Crippen LogP contribution in [0.4, 0.5) is 0 Å². The van der Waals surface area contributed by atoms with E-state index in [1.807, 2.05) is 30.4 Å². The van der Waals surface area contributed by atoms with Gasteiger partial charge in [0.1, 0.15) is 0 Å². The Bertz CT molecular complexity index is 394. The fraction of sp³-hybridized carbons (Fsp3) is 0.231. The van der Waals surface area contributed by atoms with E-state index in [-0.39, 0.29) is 0 Å². The molecule has 0 radical (unpaired) electrons. The lowest BCUT2D eigenvalue weighted by Crippen LogP contribution is -2.22. The number of benzene rings is 1. The molecule has 0 amide bonds. The Hall–Kier alpha value is -1.05. The number of methoxy groups -OCH3 is 1. The lowest BCUT2D eigenvalue weighted by atomic mass is 9.95. The Morgan fingerprint density at radius 1 is 1.27 bits per heavy atom. The largest absolute Gasteiger partial charge is 0.359 e. The smallest absolute Gasteiger partial charge is 0.164 e. The second-order valence-electron chi connectivity index (χ2n) is 3.58. The van der Waals surface area contributed by atoms with Crippen LogP contribution in [0.3, 0.4) is 0 Å². The van der Waals surface area contributed by atoms with Crippen LogP contribution in [0.1, 0.15) is 12.0 Å². The van der Waals surface area contributed by atoms with Gasteiger partial charge in [0.2, 0.25) is 0 Å².